The molecule has 0 saturated carbocycles. The zero-order valence-electron chi connectivity index (χ0n) is 8.73. The van der Waals surface area contributed by atoms with Crippen molar-refractivity contribution in [3.63, 3.8) is 0 Å². The molecule has 0 aliphatic carbocycles. The Morgan fingerprint density at radius 1 is 1.60 bits per heavy atom. The number of aromatic nitrogens is 2. The molecule has 2 aromatic rings. The van der Waals surface area contributed by atoms with Gasteiger partial charge in [-0.25, -0.2) is 4.98 Å². The van der Waals surface area contributed by atoms with Gasteiger partial charge in [0, 0.05) is 36.5 Å². The molecule has 0 fully saturated rings. The van der Waals surface area contributed by atoms with E-state index in [0.717, 1.165) is 18.7 Å². The Bertz CT molecular complexity index is 366. The SMILES string of the molecule is CC(NCCc1cnc[nH]1)c1ccoc1. The summed E-state index contributed by atoms with van der Waals surface area (Å²) >= 11 is 0. The Morgan fingerprint density at radius 2 is 2.53 bits per heavy atom. The van der Waals surface area contributed by atoms with Crippen LogP contribution in [0.15, 0.2) is 35.5 Å². The highest BCUT2D eigenvalue weighted by atomic mass is 16.3. The zero-order chi connectivity index (χ0) is 10.5. The summed E-state index contributed by atoms with van der Waals surface area (Å²) in [5, 5.41) is 3.42. The van der Waals surface area contributed by atoms with Crippen LogP contribution in [0.5, 0.6) is 0 Å². The number of nitrogens with zero attached hydrogens (tertiary/aromatic N) is 1. The van der Waals surface area contributed by atoms with Gasteiger partial charge in [-0.05, 0) is 13.0 Å². The van der Waals surface area contributed by atoms with E-state index in [4.69, 9.17) is 4.42 Å². The van der Waals surface area contributed by atoms with Gasteiger partial charge in [-0.1, -0.05) is 0 Å². The predicted molar refractivity (Wildman–Crippen MR) is 57.4 cm³/mol. The standard InChI is InChI=1S/C11H15N3O/c1-9(10-3-5-15-7-10)13-4-2-11-6-12-8-14-11/h3,5-9,13H,2,4H2,1H3,(H,12,14). The third-order valence-electron chi connectivity index (χ3n) is 2.44. The molecule has 2 aromatic heterocycles. The van der Waals surface area contributed by atoms with Gasteiger partial charge in [0.2, 0.25) is 0 Å². The maximum atomic E-state index is 5.03. The summed E-state index contributed by atoms with van der Waals surface area (Å²) < 4.78 is 5.03. The second-order valence-electron chi connectivity index (χ2n) is 3.56. The van der Waals surface area contributed by atoms with Crippen LogP contribution in [-0.4, -0.2) is 16.5 Å². The molecule has 0 spiro atoms. The molecule has 2 rings (SSSR count). The first-order valence-electron chi connectivity index (χ1n) is 5.09. The average Bonchev–Trinajstić information content (AvgIpc) is 2.90. The fourth-order valence-electron chi connectivity index (χ4n) is 1.48. The number of nitrogens with one attached hydrogen (secondary N) is 2. The fourth-order valence-corrected chi connectivity index (χ4v) is 1.48. The van der Waals surface area contributed by atoms with Crippen LogP contribution in [0.1, 0.15) is 24.2 Å². The van der Waals surface area contributed by atoms with E-state index < -0.39 is 0 Å². The molecule has 80 valence electrons. The molecule has 0 bridgehead atoms. The molecule has 0 radical (unpaired) electrons. The highest BCUT2D eigenvalue weighted by Gasteiger charge is 2.05. The lowest BCUT2D eigenvalue weighted by molar-refractivity contribution is 0.539. The highest BCUT2D eigenvalue weighted by molar-refractivity contribution is 5.10. The second kappa shape index (κ2) is 4.79. The van der Waals surface area contributed by atoms with Gasteiger partial charge in [-0.15, -0.1) is 0 Å². The van der Waals surface area contributed by atoms with E-state index in [1.54, 1.807) is 18.9 Å². The fraction of sp³-hybridized carbons (Fsp3) is 0.364. The van der Waals surface area contributed by atoms with Gasteiger partial charge >= 0.3 is 0 Å². The number of hydrogen-bond donors (Lipinski definition) is 2. The monoisotopic (exact) mass is 205 g/mol. The van der Waals surface area contributed by atoms with Gasteiger partial charge < -0.3 is 14.7 Å². The van der Waals surface area contributed by atoms with Gasteiger partial charge in [0.05, 0.1) is 18.9 Å². The average molecular weight is 205 g/mol. The molecule has 0 saturated heterocycles. The molecule has 1 unspecified atom stereocenters. The van der Waals surface area contributed by atoms with Crippen molar-refractivity contribution in [2.75, 3.05) is 6.54 Å². The van der Waals surface area contributed by atoms with Crippen LogP contribution in [-0.2, 0) is 6.42 Å². The van der Waals surface area contributed by atoms with E-state index in [1.165, 1.54) is 5.56 Å². The molecular weight excluding hydrogens is 190 g/mol. The van der Waals surface area contributed by atoms with Crippen molar-refractivity contribution in [2.24, 2.45) is 0 Å². The van der Waals surface area contributed by atoms with Crippen LogP contribution in [0.25, 0.3) is 0 Å². The Morgan fingerprint density at radius 3 is 3.20 bits per heavy atom. The number of furan rings is 1. The summed E-state index contributed by atoms with van der Waals surface area (Å²) in [7, 11) is 0. The molecule has 4 heteroatoms. The lowest BCUT2D eigenvalue weighted by atomic mass is 10.2. The summed E-state index contributed by atoms with van der Waals surface area (Å²) in [5.41, 5.74) is 2.33. The Balaban J connectivity index is 1.74. The minimum absolute atomic E-state index is 0.326. The third kappa shape index (κ3) is 2.70. The molecule has 0 amide bonds. The van der Waals surface area contributed by atoms with Crippen molar-refractivity contribution in [2.45, 2.75) is 19.4 Å². The van der Waals surface area contributed by atoms with E-state index in [-0.39, 0.29) is 0 Å². The number of aromatic amines is 1. The minimum Gasteiger partial charge on any atom is -0.472 e. The zero-order valence-corrected chi connectivity index (χ0v) is 8.73. The lowest BCUT2D eigenvalue weighted by Crippen LogP contribution is -2.21. The molecule has 0 aromatic carbocycles. The van der Waals surface area contributed by atoms with Crippen molar-refractivity contribution in [1.29, 1.82) is 0 Å². The summed E-state index contributed by atoms with van der Waals surface area (Å²) in [6, 6.07) is 2.31. The summed E-state index contributed by atoms with van der Waals surface area (Å²) in [4.78, 5) is 7.05. The van der Waals surface area contributed by atoms with Crippen LogP contribution in [0.3, 0.4) is 0 Å². The van der Waals surface area contributed by atoms with Crippen LogP contribution in [0.4, 0.5) is 0 Å². The van der Waals surface area contributed by atoms with Crippen molar-refractivity contribution in [3.8, 4) is 0 Å². The second-order valence-corrected chi connectivity index (χ2v) is 3.56. The molecule has 4 nitrogen and oxygen atoms in total. The maximum absolute atomic E-state index is 5.03. The molecule has 0 aliphatic rings. The van der Waals surface area contributed by atoms with Crippen molar-refractivity contribution < 1.29 is 4.42 Å². The normalized spacial score (nSPS) is 12.9. The largest absolute Gasteiger partial charge is 0.472 e. The van der Waals surface area contributed by atoms with E-state index in [2.05, 4.69) is 22.2 Å². The highest BCUT2D eigenvalue weighted by Crippen LogP contribution is 2.11. The number of imidazole rings is 1. The van der Waals surface area contributed by atoms with Crippen LogP contribution < -0.4 is 5.32 Å². The van der Waals surface area contributed by atoms with Crippen molar-refractivity contribution in [1.82, 2.24) is 15.3 Å². The van der Waals surface area contributed by atoms with Crippen LogP contribution >= 0.6 is 0 Å². The molecule has 1 atom stereocenters. The third-order valence-corrected chi connectivity index (χ3v) is 2.44. The van der Waals surface area contributed by atoms with Crippen LogP contribution in [0.2, 0.25) is 0 Å². The van der Waals surface area contributed by atoms with Gasteiger partial charge in [0.1, 0.15) is 0 Å². The Labute approximate surface area is 88.7 Å². The number of H-pyrrole nitrogens is 1. The predicted octanol–water partition coefficient (Wildman–Crippen LogP) is 1.90. The minimum atomic E-state index is 0.326. The van der Waals surface area contributed by atoms with E-state index in [1.807, 2.05) is 12.3 Å². The van der Waals surface area contributed by atoms with Crippen molar-refractivity contribution >= 4 is 0 Å². The van der Waals surface area contributed by atoms with E-state index >= 15 is 0 Å². The van der Waals surface area contributed by atoms with E-state index in [0.29, 0.717) is 6.04 Å². The quantitative estimate of drug-likeness (QED) is 0.783. The van der Waals surface area contributed by atoms with E-state index in [9.17, 15) is 0 Å². The van der Waals surface area contributed by atoms with Gasteiger partial charge in [-0.2, -0.15) is 0 Å². The molecule has 2 N–H and O–H groups in total. The number of rotatable bonds is 5. The topological polar surface area (TPSA) is 53.9 Å². The first kappa shape index (κ1) is 9.98. The smallest absolute Gasteiger partial charge is 0.0950 e. The van der Waals surface area contributed by atoms with Crippen LogP contribution in [0, 0.1) is 0 Å². The Kier molecular flexibility index (Phi) is 3.19. The van der Waals surface area contributed by atoms with Gasteiger partial charge in [-0.3, -0.25) is 0 Å². The lowest BCUT2D eigenvalue weighted by Gasteiger charge is -2.10. The maximum Gasteiger partial charge on any atom is 0.0950 e. The summed E-state index contributed by atoms with van der Waals surface area (Å²) in [6.45, 7) is 3.05. The van der Waals surface area contributed by atoms with Crippen molar-refractivity contribution in [3.05, 3.63) is 42.4 Å². The number of hydrogen-bond acceptors (Lipinski definition) is 3. The van der Waals surface area contributed by atoms with Gasteiger partial charge in [0.25, 0.3) is 0 Å². The molecule has 0 aliphatic heterocycles. The summed E-state index contributed by atoms with van der Waals surface area (Å²) in [5.74, 6) is 0. The molecule has 2 heterocycles. The first-order chi connectivity index (χ1) is 7.36. The molecular formula is C11H15N3O. The Hall–Kier alpha value is -1.55. The summed E-state index contributed by atoms with van der Waals surface area (Å²) in [6.07, 6.45) is 7.98. The first-order valence-corrected chi connectivity index (χ1v) is 5.09. The van der Waals surface area contributed by atoms with Gasteiger partial charge in [0.15, 0.2) is 0 Å². The molecule has 15 heavy (non-hydrogen) atoms.